The molecule has 0 radical (unpaired) electrons. The summed E-state index contributed by atoms with van der Waals surface area (Å²) in [6, 6.07) is 20.9. The first-order valence-corrected chi connectivity index (χ1v) is 12.4. The van der Waals surface area contributed by atoms with E-state index in [-0.39, 0.29) is 24.4 Å². The third-order valence-electron chi connectivity index (χ3n) is 6.38. The van der Waals surface area contributed by atoms with Crippen LogP contribution in [0.3, 0.4) is 0 Å². The number of carbonyl (C=O) groups excluding carboxylic acids is 2. The summed E-state index contributed by atoms with van der Waals surface area (Å²) in [6.45, 7) is 1.79. The van der Waals surface area contributed by atoms with E-state index in [4.69, 9.17) is 4.74 Å². The standard InChI is InChI=1S/C27H28N2O3S/c30-26(18-28(17-20-11-12-20)27(31)21-7-3-1-4-8-21)29-15-13-25-23(14-16-33-25)24(29)19-32-22-9-5-2-6-10-22/h1-10,14,16,20,24H,11-13,15,17-19H2/t24-/m0/s1. The summed E-state index contributed by atoms with van der Waals surface area (Å²) in [6.07, 6.45) is 3.10. The summed E-state index contributed by atoms with van der Waals surface area (Å²) in [5.74, 6) is 1.22. The molecule has 2 aliphatic rings. The minimum Gasteiger partial charge on any atom is -0.491 e. The summed E-state index contributed by atoms with van der Waals surface area (Å²) in [5.41, 5.74) is 1.80. The topological polar surface area (TPSA) is 49.9 Å². The van der Waals surface area contributed by atoms with Crippen LogP contribution in [0, 0.1) is 5.92 Å². The van der Waals surface area contributed by atoms with E-state index in [0.717, 1.165) is 25.0 Å². The van der Waals surface area contributed by atoms with Crippen LogP contribution in [-0.4, -0.2) is 47.9 Å². The Hall–Kier alpha value is -3.12. The van der Waals surface area contributed by atoms with Gasteiger partial charge in [-0.1, -0.05) is 36.4 Å². The van der Waals surface area contributed by atoms with Crippen molar-refractivity contribution in [1.29, 1.82) is 0 Å². The van der Waals surface area contributed by atoms with Crippen molar-refractivity contribution in [3.8, 4) is 5.75 Å². The number of ether oxygens (including phenoxy) is 1. The normalized spacial score (nSPS) is 17.3. The molecule has 0 spiro atoms. The number of nitrogens with zero attached hydrogens (tertiary/aromatic N) is 2. The van der Waals surface area contributed by atoms with Gasteiger partial charge in [-0.2, -0.15) is 0 Å². The number of carbonyl (C=O) groups is 2. The molecule has 33 heavy (non-hydrogen) atoms. The predicted octanol–water partition coefficient (Wildman–Crippen LogP) is 4.81. The Labute approximate surface area is 198 Å². The molecule has 1 aromatic heterocycles. The van der Waals surface area contributed by atoms with Crippen LogP contribution in [0.15, 0.2) is 72.1 Å². The predicted molar refractivity (Wildman–Crippen MR) is 129 cm³/mol. The maximum absolute atomic E-state index is 13.6. The van der Waals surface area contributed by atoms with Gasteiger partial charge in [-0.25, -0.2) is 0 Å². The zero-order valence-electron chi connectivity index (χ0n) is 18.6. The van der Waals surface area contributed by atoms with E-state index in [1.165, 1.54) is 10.4 Å². The molecule has 1 saturated carbocycles. The molecule has 2 aromatic carbocycles. The molecular weight excluding hydrogens is 432 g/mol. The van der Waals surface area contributed by atoms with Gasteiger partial charge in [0.15, 0.2) is 0 Å². The molecule has 0 N–H and O–H groups in total. The van der Waals surface area contributed by atoms with E-state index in [0.29, 0.717) is 31.2 Å². The Morgan fingerprint density at radius 2 is 1.73 bits per heavy atom. The molecule has 3 aromatic rings. The first kappa shape index (κ1) is 21.7. The fraction of sp³-hybridized carbons (Fsp3) is 0.333. The zero-order chi connectivity index (χ0) is 22.6. The van der Waals surface area contributed by atoms with Gasteiger partial charge < -0.3 is 14.5 Å². The van der Waals surface area contributed by atoms with Crippen molar-refractivity contribution >= 4 is 23.2 Å². The van der Waals surface area contributed by atoms with Gasteiger partial charge in [0.2, 0.25) is 5.91 Å². The first-order chi connectivity index (χ1) is 16.2. The van der Waals surface area contributed by atoms with E-state index in [1.54, 1.807) is 16.2 Å². The number of para-hydroxylation sites is 1. The van der Waals surface area contributed by atoms with Crippen molar-refractivity contribution in [2.75, 3.05) is 26.2 Å². The summed E-state index contributed by atoms with van der Waals surface area (Å²) in [4.78, 5) is 31.8. The third kappa shape index (κ3) is 5.11. The van der Waals surface area contributed by atoms with Crippen LogP contribution in [0.2, 0.25) is 0 Å². The van der Waals surface area contributed by atoms with Crippen LogP contribution >= 0.6 is 11.3 Å². The average molecular weight is 461 g/mol. The van der Waals surface area contributed by atoms with Crippen LogP contribution < -0.4 is 4.74 Å². The molecule has 1 fully saturated rings. The van der Waals surface area contributed by atoms with E-state index < -0.39 is 0 Å². The van der Waals surface area contributed by atoms with E-state index in [1.807, 2.05) is 65.6 Å². The smallest absolute Gasteiger partial charge is 0.254 e. The number of rotatable bonds is 8. The molecule has 1 aliphatic carbocycles. The fourth-order valence-electron chi connectivity index (χ4n) is 4.42. The summed E-state index contributed by atoms with van der Waals surface area (Å²) < 4.78 is 6.08. The van der Waals surface area contributed by atoms with Crippen molar-refractivity contribution in [2.45, 2.75) is 25.3 Å². The SMILES string of the molecule is O=C(c1ccccc1)N(CC(=O)N1CCc2sccc2[C@@H]1COc1ccccc1)CC1CC1. The van der Waals surface area contributed by atoms with Gasteiger partial charge in [-0.15, -0.1) is 11.3 Å². The molecule has 0 bridgehead atoms. The second-order valence-corrected chi connectivity index (χ2v) is 9.77. The maximum atomic E-state index is 13.6. The van der Waals surface area contributed by atoms with Gasteiger partial charge in [-0.05, 0) is 66.5 Å². The van der Waals surface area contributed by atoms with Crippen molar-refractivity contribution in [1.82, 2.24) is 9.80 Å². The quantitative estimate of drug-likeness (QED) is 0.485. The highest BCUT2D eigenvalue weighted by atomic mass is 32.1. The molecule has 2 heterocycles. The zero-order valence-corrected chi connectivity index (χ0v) is 19.4. The number of fused-ring (bicyclic) bond motifs is 1. The minimum absolute atomic E-state index is 0.0153. The van der Waals surface area contributed by atoms with Gasteiger partial charge in [0.05, 0.1) is 6.04 Å². The van der Waals surface area contributed by atoms with Crippen LogP contribution in [-0.2, 0) is 11.2 Å². The fourth-order valence-corrected chi connectivity index (χ4v) is 5.34. The summed E-state index contributed by atoms with van der Waals surface area (Å²) in [7, 11) is 0. The maximum Gasteiger partial charge on any atom is 0.254 e. The van der Waals surface area contributed by atoms with Crippen molar-refractivity contribution in [3.05, 3.63) is 88.1 Å². The first-order valence-electron chi connectivity index (χ1n) is 11.6. The summed E-state index contributed by atoms with van der Waals surface area (Å²) in [5, 5.41) is 2.09. The average Bonchev–Trinajstić information content (AvgIpc) is 3.55. The van der Waals surface area contributed by atoms with Crippen molar-refractivity contribution in [3.63, 3.8) is 0 Å². The number of benzene rings is 2. The lowest BCUT2D eigenvalue weighted by molar-refractivity contribution is -0.135. The Morgan fingerprint density at radius 1 is 1.00 bits per heavy atom. The highest BCUT2D eigenvalue weighted by molar-refractivity contribution is 7.10. The Kier molecular flexibility index (Phi) is 6.44. The highest BCUT2D eigenvalue weighted by Crippen LogP contribution is 2.34. The van der Waals surface area contributed by atoms with E-state index in [2.05, 4.69) is 11.4 Å². The molecule has 5 nitrogen and oxygen atoms in total. The lowest BCUT2D eigenvalue weighted by Gasteiger charge is -2.37. The van der Waals surface area contributed by atoms with E-state index >= 15 is 0 Å². The highest BCUT2D eigenvalue weighted by Gasteiger charge is 2.35. The molecule has 2 amide bonds. The Balaban J connectivity index is 1.33. The van der Waals surface area contributed by atoms with Gasteiger partial charge in [0.25, 0.3) is 5.91 Å². The molecule has 0 unspecified atom stereocenters. The molecular formula is C27H28N2O3S. The minimum atomic E-state index is -0.151. The van der Waals surface area contributed by atoms with Crippen LogP contribution in [0.5, 0.6) is 5.75 Å². The van der Waals surface area contributed by atoms with Crippen molar-refractivity contribution in [2.24, 2.45) is 5.92 Å². The second-order valence-electron chi connectivity index (χ2n) is 8.77. The number of hydrogen-bond donors (Lipinski definition) is 0. The molecule has 170 valence electrons. The van der Waals surface area contributed by atoms with Gasteiger partial charge in [-0.3, -0.25) is 9.59 Å². The van der Waals surface area contributed by atoms with Crippen LogP contribution in [0.4, 0.5) is 0 Å². The van der Waals surface area contributed by atoms with E-state index in [9.17, 15) is 9.59 Å². The molecule has 1 atom stereocenters. The lowest BCUT2D eigenvalue weighted by Crippen LogP contribution is -2.48. The van der Waals surface area contributed by atoms with Crippen LogP contribution in [0.25, 0.3) is 0 Å². The van der Waals surface area contributed by atoms with Gasteiger partial charge in [0, 0.05) is 23.5 Å². The van der Waals surface area contributed by atoms with Crippen molar-refractivity contribution < 1.29 is 14.3 Å². The monoisotopic (exact) mass is 460 g/mol. The second kappa shape index (κ2) is 9.79. The van der Waals surface area contributed by atoms with Gasteiger partial charge >= 0.3 is 0 Å². The molecule has 1 aliphatic heterocycles. The summed E-state index contributed by atoms with van der Waals surface area (Å²) >= 11 is 1.74. The molecule has 5 rings (SSSR count). The Bertz CT molecular complexity index is 1090. The van der Waals surface area contributed by atoms with Crippen LogP contribution in [0.1, 0.15) is 39.7 Å². The molecule has 6 heteroatoms. The largest absolute Gasteiger partial charge is 0.491 e. The third-order valence-corrected chi connectivity index (χ3v) is 7.37. The van der Waals surface area contributed by atoms with Gasteiger partial charge in [0.1, 0.15) is 18.9 Å². The number of thiophene rings is 1. The number of amides is 2. The lowest BCUT2D eigenvalue weighted by atomic mass is 10.0. The molecule has 0 saturated heterocycles. The number of hydrogen-bond acceptors (Lipinski definition) is 4. The Morgan fingerprint density at radius 3 is 2.45 bits per heavy atom.